The predicted octanol–water partition coefficient (Wildman–Crippen LogP) is 5.28. The zero-order chi connectivity index (χ0) is 25.2. The second kappa shape index (κ2) is 12.6. The summed E-state index contributed by atoms with van der Waals surface area (Å²) in [5, 5.41) is 2.99. The minimum Gasteiger partial charge on any atom is -0.497 e. The molecule has 0 fully saturated rings. The van der Waals surface area contributed by atoms with Gasteiger partial charge < -0.3 is 24.1 Å². The highest BCUT2D eigenvalue weighted by Gasteiger charge is 2.12. The second-order valence-corrected chi connectivity index (χ2v) is 8.46. The molecule has 0 unspecified atom stereocenters. The quantitative estimate of drug-likeness (QED) is 0.260. The maximum atomic E-state index is 12.4. The van der Waals surface area contributed by atoms with Gasteiger partial charge in [0, 0.05) is 13.0 Å². The fraction of sp³-hybridized carbons (Fsp3) is 0.310. The van der Waals surface area contributed by atoms with E-state index in [1.54, 1.807) is 26.4 Å². The minimum atomic E-state index is -0.105. The van der Waals surface area contributed by atoms with Gasteiger partial charge in [0.05, 0.1) is 37.4 Å². The van der Waals surface area contributed by atoms with Crippen molar-refractivity contribution < 1.29 is 19.0 Å². The Kier molecular flexibility index (Phi) is 8.81. The standard InChI is InChI=1S/C29H33N3O4/c1-34-22-15-17-23(18-16-22)36-21-20-32-26-12-7-6-11-25(26)31-28(32)14-4-3-9-19-30-29(33)24-10-5-8-13-27(24)35-2/h5-8,10-13,15-18H,3-4,9,14,19-21H2,1-2H3,(H,30,33). The third-order valence-corrected chi connectivity index (χ3v) is 6.09. The fourth-order valence-corrected chi connectivity index (χ4v) is 4.21. The summed E-state index contributed by atoms with van der Waals surface area (Å²) >= 11 is 0. The number of imidazole rings is 1. The number of benzene rings is 3. The SMILES string of the molecule is COc1ccc(OCCn2c(CCCCCNC(=O)c3ccccc3OC)nc3ccccc32)cc1. The summed E-state index contributed by atoms with van der Waals surface area (Å²) in [6.45, 7) is 1.90. The number of amides is 1. The fourth-order valence-electron chi connectivity index (χ4n) is 4.21. The third kappa shape index (κ3) is 6.36. The Morgan fingerprint density at radius 3 is 2.42 bits per heavy atom. The monoisotopic (exact) mass is 487 g/mol. The molecule has 1 aromatic heterocycles. The van der Waals surface area contributed by atoms with E-state index in [1.807, 2.05) is 54.6 Å². The first-order valence-corrected chi connectivity index (χ1v) is 12.3. The highest BCUT2D eigenvalue weighted by atomic mass is 16.5. The van der Waals surface area contributed by atoms with E-state index in [-0.39, 0.29) is 5.91 Å². The second-order valence-electron chi connectivity index (χ2n) is 8.46. The Morgan fingerprint density at radius 2 is 1.61 bits per heavy atom. The molecule has 0 aliphatic carbocycles. The number of ether oxygens (including phenoxy) is 3. The molecule has 188 valence electrons. The Bertz CT molecular complexity index is 1270. The molecule has 1 N–H and O–H groups in total. The molecule has 0 spiro atoms. The predicted molar refractivity (Wildman–Crippen MR) is 141 cm³/mol. The van der Waals surface area contributed by atoms with E-state index in [2.05, 4.69) is 16.0 Å². The van der Waals surface area contributed by atoms with E-state index in [0.29, 0.717) is 24.5 Å². The number of rotatable bonds is 13. The van der Waals surface area contributed by atoms with Crippen molar-refractivity contribution in [2.75, 3.05) is 27.4 Å². The van der Waals surface area contributed by atoms with Crippen molar-refractivity contribution in [2.45, 2.75) is 32.2 Å². The number of aromatic nitrogens is 2. The highest BCUT2D eigenvalue weighted by Crippen LogP contribution is 2.20. The van der Waals surface area contributed by atoms with Crippen molar-refractivity contribution >= 4 is 16.9 Å². The minimum absolute atomic E-state index is 0.105. The van der Waals surface area contributed by atoms with Crippen LogP contribution in [0, 0.1) is 0 Å². The van der Waals surface area contributed by atoms with Crippen LogP contribution in [0.1, 0.15) is 35.4 Å². The number of methoxy groups -OCH3 is 2. The van der Waals surface area contributed by atoms with Gasteiger partial charge >= 0.3 is 0 Å². The normalized spacial score (nSPS) is 10.8. The average molecular weight is 488 g/mol. The summed E-state index contributed by atoms with van der Waals surface area (Å²) in [4.78, 5) is 17.3. The molecule has 7 heteroatoms. The van der Waals surface area contributed by atoms with Crippen molar-refractivity contribution in [2.24, 2.45) is 0 Å². The Balaban J connectivity index is 1.27. The number of hydrogen-bond acceptors (Lipinski definition) is 5. The van der Waals surface area contributed by atoms with Crippen LogP contribution < -0.4 is 19.5 Å². The molecule has 0 atom stereocenters. The number of aryl methyl sites for hydroxylation is 1. The highest BCUT2D eigenvalue weighted by molar-refractivity contribution is 5.96. The van der Waals surface area contributed by atoms with E-state index in [0.717, 1.165) is 60.6 Å². The topological polar surface area (TPSA) is 74.6 Å². The van der Waals surface area contributed by atoms with Crippen LogP contribution in [-0.4, -0.2) is 42.8 Å². The molecule has 7 nitrogen and oxygen atoms in total. The summed E-state index contributed by atoms with van der Waals surface area (Å²) in [5.41, 5.74) is 2.68. The molecule has 1 amide bonds. The zero-order valence-electron chi connectivity index (χ0n) is 20.9. The number of hydrogen-bond donors (Lipinski definition) is 1. The van der Waals surface area contributed by atoms with E-state index in [4.69, 9.17) is 19.2 Å². The van der Waals surface area contributed by atoms with Crippen LogP contribution in [0.2, 0.25) is 0 Å². The number of nitrogens with zero attached hydrogens (tertiary/aromatic N) is 2. The first-order valence-electron chi connectivity index (χ1n) is 12.3. The zero-order valence-corrected chi connectivity index (χ0v) is 20.9. The summed E-state index contributed by atoms with van der Waals surface area (Å²) < 4.78 is 18.7. The molecule has 4 rings (SSSR count). The van der Waals surface area contributed by atoms with Crippen molar-refractivity contribution in [3.8, 4) is 17.2 Å². The Labute approximate surface area is 212 Å². The van der Waals surface area contributed by atoms with Crippen molar-refractivity contribution in [3.63, 3.8) is 0 Å². The van der Waals surface area contributed by atoms with E-state index in [9.17, 15) is 4.79 Å². The molecular formula is C29H33N3O4. The Morgan fingerprint density at radius 1 is 0.861 bits per heavy atom. The van der Waals surface area contributed by atoms with E-state index in [1.165, 1.54) is 0 Å². The lowest BCUT2D eigenvalue weighted by Gasteiger charge is -2.11. The van der Waals surface area contributed by atoms with Gasteiger partial charge in [-0.15, -0.1) is 0 Å². The lowest BCUT2D eigenvalue weighted by atomic mass is 10.1. The van der Waals surface area contributed by atoms with E-state index < -0.39 is 0 Å². The average Bonchev–Trinajstić information content (AvgIpc) is 3.28. The lowest BCUT2D eigenvalue weighted by molar-refractivity contribution is 0.0950. The first-order chi connectivity index (χ1) is 17.7. The van der Waals surface area contributed by atoms with Gasteiger partial charge in [-0.1, -0.05) is 30.7 Å². The summed E-state index contributed by atoms with van der Waals surface area (Å²) in [6.07, 6.45) is 3.77. The Hall–Kier alpha value is -4.00. The number of carbonyl (C=O) groups excluding carboxylic acids is 1. The van der Waals surface area contributed by atoms with Crippen LogP contribution in [0.15, 0.2) is 72.8 Å². The molecule has 0 bridgehead atoms. The summed E-state index contributed by atoms with van der Waals surface area (Å²) in [7, 11) is 3.23. The van der Waals surface area contributed by atoms with Gasteiger partial charge in [-0.25, -0.2) is 4.98 Å². The molecule has 0 saturated carbocycles. The molecule has 1 heterocycles. The van der Waals surface area contributed by atoms with Gasteiger partial charge in [-0.2, -0.15) is 0 Å². The van der Waals surface area contributed by atoms with Crippen LogP contribution in [-0.2, 0) is 13.0 Å². The number of para-hydroxylation sites is 3. The number of nitrogens with one attached hydrogen (secondary N) is 1. The van der Waals surface area contributed by atoms with Gasteiger partial charge in [0.1, 0.15) is 29.7 Å². The molecule has 4 aromatic rings. The van der Waals surface area contributed by atoms with E-state index >= 15 is 0 Å². The van der Waals surface area contributed by atoms with Crippen LogP contribution in [0.4, 0.5) is 0 Å². The molecule has 36 heavy (non-hydrogen) atoms. The lowest BCUT2D eigenvalue weighted by Crippen LogP contribution is -2.24. The van der Waals surface area contributed by atoms with Crippen LogP contribution in [0.25, 0.3) is 11.0 Å². The first kappa shape index (κ1) is 25.1. The van der Waals surface area contributed by atoms with Crippen molar-refractivity contribution in [1.82, 2.24) is 14.9 Å². The number of carbonyl (C=O) groups is 1. The van der Waals surface area contributed by atoms with Crippen molar-refractivity contribution in [3.05, 3.63) is 84.2 Å². The number of unbranched alkanes of at least 4 members (excludes halogenated alkanes) is 2. The molecule has 0 aliphatic heterocycles. The smallest absolute Gasteiger partial charge is 0.255 e. The molecule has 0 aliphatic rings. The van der Waals surface area contributed by atoms with Gasteiger partial charge in [0.15, 0.2) is 0 Å². The molecule has 0 saturated heterocycles. The maximum Gasteiger partial charge on any atom is 0.255 e. The molecule has 3 aromatic carbocycles. The maximum absolute atomic E-state index is 12.4. The largest absolute Gasteiger partial charge is 0.497 e. The summed E-state index contributed by atoms with van der Waals surface area (Å²) in [5.74, 6) is 3.17. The van der Waals surface area contributed by atoms with Crippen molar-refractivity contribution in [1.29, 1.82) is 0 Å². The number of fused-ring (bicyclic) bond motifs is 1. The van der Waals surface area contributed by atoms with Crippen LogP contribution >= 0.6 is 0 Å². The van der Waals surface area contributed by atoms with Crippen LogP contribution in [0.3, 0.4) is 0 Å². The van der Waals surface area contributed by atoms with Crippen LogP contribution in [0.5, 0.6) is 17.2 Å². The summed E-state index contributed by atoms with van der Waals surface area (Å²) in [6, 6.07) is 23.1. The van der Waals surface area contributed by atoms with Gasteiger partial charge in [0.2, 0.25) is 0 Å². The molecule has 0 radical (unpaired) electrons. The third-order valence-electron chi connectivity index (χ3n) is 6.09. The van der Waals surface area contributed by atoms with Gasteiger partial charge in [-0.05, 0) is 61.4 Å². The van der Waals surface area contributed by atoms with Gasteiger partial charge in [-0.3, -0.25) is 4.79 Å². The molecular weight excluding hydrogens is 454 g/mol. The van der Waals surface area contributed by atoms with Gasteiger partial charge in [0.25, 0.3) is 5.91 Å².